The molecule has 0 aliphatic rings. The summed E-state index contributed by atoms with van der Waals surface area (Å²) in [6.45, 7) is 7.67. The third-order valence-corrected chi connectivity index (χ3v) is 7.59. The van der Waals surface area contributed by atoms with Crippen LogP contribution in [0.3, 0.4) is 0 Å². The van der Waals surface area contributed by atoms with E-state index in [0.29, 0.717) is 0 Å². The van der Waals surface area contributed by atoms with Gasteiger partial charge in [0.25, 0.3) is 0 Å². The first-order valence-electron chi connectivity index (χ1n) is 11.0. The maximum atomic E-state index is 5.56. The van der Waals surface area contributed by atoms with Gasteiger partial charge in [-0.2, -0.15) is 11.8 Å². The maximum Gasteiger partial charge on any atom is 0.161 e. The lowest BCUT2D eigenvalue weighted by Gasteiger charge is -2.16. The van der Waals surface area contributed by atoms with Crippen LogP contribution < -0.4 is 0 Å². The van der Waals surface area contributed by atoms with Crippen molar-refractivity contribution in [3.05, 3.63) is 0 Å². The summed E-state index contributed by atoms with van der Waals surface area (Å²) in [4.78, 5) is 0. The Kier molecular flexibility index (Phi) is 22.0. The number of unbranched alkanes of at least 4 members (excludes halogenated alkanes) is 8. The molecule has 3 heteroatoms. The summed E-state index contributed by atoms with van der Waals surface area (Å²) in [5.41, 5.74) is 0. The zero-order valence-corrected chi connectivity index (χ0v) is 19.4. The van der Waals surface area contributed by atoms with Gasteiger partial charge in [0.1, 0.15) is 0 Å². The first-order chi connectivity index (χ1) is 11.8. The first-order valence-corrected chi connectivity index (χ1v) is 13.7. The molecule has 0 aromatic carbocycles. The molecule has 0 bridgehead atoms. The molecule has 0 fully saturated rings. The summed E-state index contributed by atoms with van der Waals surface area (Å²) in [7, 11) is -0.193. The molecule has 0 aliphatic heterocycles. The number of hydrogen-bond donors (Lipinski definition) is 0. The Balaban J connectivity index is 3.70. The van der Waals surface area contributed by atoms with Crippen molar-refractivity contribution in [3.63, 3.8) is 0 Å². The van der Waals surface area contributed by atoms with Crippen molar-refractivity contribution in [3.8, 4) is 0 Å². The highest BCUT2D eigenvalue weighted by Crippen LogP contribution is 2.23. The van der Waals surface area contributed by atoms with Crippen LogP contribution in [0.4, 0.5) is 0 Å². The van der Waals surface area contributed by atoms with E-state index in [4.69, 9.17) is 4.43 Å². The lowest BCUT2D eigenvalue weighted by atomic mass is 9.96. The van der Waals surface area contributed by atoms with Crippen LogP contribution in [0.5, 0.6) is 0 Å². The van der Waals surface area contributed by atoms with Gasteiger partial charge in [0, 0.05) is 6.61 Å². The van der Waals surface area contributed by atoms with Crippen LogP contribution in [-0.4, -0.2) is 27.9 Å². The fourth-order valence-electron chi connectivity index (χ4n) is 3.19. The third-order valence-electron chi connectivity index (χ3n) is 4.82. The fourth-order valence-corrected chi connectivity index (χ4v) is 5.74. The second kappa shape index (κ2) is 21.6. The van der Waals surface area contributed by atoms with Crippen molar-refractivity contribution in [2.75, 3.05) is 18.1 Å². The molecule has 0 saturated heterocycles. The molecule has 1 unspecified atom stereocenters. The van der Waals surface area contributed by atoms with Crippen molar-refractivity contribution in [1.29, 1.82) is 0 Å². The Morgan fingerprint density at radius 1 is 0.750 bits per heavy atom. The Morgan fingerprint density at radius 3 is 1.96 bits per heavy atom. The molecule has 0 aromatic rings. The topological polar surface area (TPSA) is 9.23 Å². The molecule has 1 nitrogen and oxygen atoms in total. The van der Waals surface area contributed by atoms with Crippen LogP contribution in [0.15, 0.2) is 0 Å². The molecule has 146 valence electrons. The van der Waals surface area contributed by atoms with E-state index in [0.717, 1.165) is 12.5 Å². The minimum Gasteiger partial charge on any atom is -0.424 e. The fraction of sp³-hybridized carbons (Fsp3) is 1.00. The van der Waals surface area contributed by atoms with E-state index in [1.54, 1.807) is 0 Å². The van der Waals surface area contributed by atoms with Gasteiger partial charge in [-0.1, -0.05) is 78.1 Å². The summed E-state index contributed by atoms with van der Waals surface area (Å²) >= 11 is 2.22. The van der Waals surface area contributed by atoms with Crippen LogP contribution in [-0.2, 0) is 4.43 Å². The van der Waals surface area contributed by atoms with Gasteiger partial charge in [0.2, 0.25) is 0 Å². The molecule has 0 heterocycles. The zero-order valence-electron chi connectivity index (χ0n) is 17.1. The van der Waals surface area contributed by atoms with E-state index in [2.05, 4.69) is 32.5 Å². The molecule has 0 spiro atoms. The van der Waals surface area contributed by atoms with Crippen LogP contribution in [0.25, 0.3) is 0 Å². The smallest absolute Gasteiger partial charge is 0.161 e. The average molecular weight is 375 g/mol. The second-order valence-corrected chi connectivity index (χ2v) is 9.92. The lowest BCUT2D eigenvalue weighted by molar-refractivity contribution is 0.359. The first kappa shape index (κ1) is 24.5. The van der Waals surface area contributed by atoms with Crippen molar-refractivity contribution >= 4 is 21.5 Å². The van der Waals surface area contributed by atoms with E-state index >= 15 is 0 Å². The minimum absolute atomic E-state index is 0.193. The predicted molar refractivity (Wildman–Crippen MR) is 117 cm³/mol. The van der Waals surface area contributed by atoms with Gasteiger partial charge in [-0.3, -0.25) is 0 Å². The zero-order chi connectivity index (χ0) is 17.7. The van der Waals surface area contributed by atoms with Crippen molar-refractivity contribution < 1.29 is 4.43 Å². The molecule has 0 N–H and O–H groups in total. The summed E-state index contributed by atoms with van der Waals surface area (Å²) in [6.07, 6.45) is 18.7. The minimum atomic E-state index is -0.193. The third kappa shape index (κ3) is 18.9. The van der Waals surface area contributed by atoms with E-state index in [9.17, 15) is 0 Å². The lowest BCUT2D eigenvalue weighted by Crippen LogP contribution is -2.05. The molecule has 24 heavy (non-hydrogen) atoms. The van der Waals surface area contributed by atoms with Crippen LogP contribution in [0.1, 0.15) is 104 Å². The Morgan fingerprint density at radius 2 is 1.33 bits per heavy atom. The molecule has 0 saturated carbocycles. The summed E-state index contributed by atoms with van der Waals surface area (Å²) in [6, 6.07) is 1.37. The van der Waals surface area contributed by atoms with Gasteiger partial charge in [-0.05, 0) is 49.7 Å². The van der Waals surface area contributed by atoms with Gasteiger partial charge >= 0.3 is 0 Å². The molecule has 0 radical (unpaired) electrons. The van der Waals surface area contributed by atoms with E-state index in [1.165, 1.54) is 101 Å². The van der Waals surface area contributed by atoms with Gasteiger partial charge in [0.05, 0.1) is 0 Å². The molecular formula is C21H46OSSi. The van der Waals surface area contributed by atoms with Gasteiger partial charge in [-0.15, -0.1) is 0 Å². The van der Waals surface area contributed by atoms with Crippen LogP contribution >= 0.6 is 11.8 Å². The number of rotatable bonds is 20. The van der Waals surface area contributed by atoms with Crippen molar-refractivity contribution in [2.45, 2.75) is 110 Å². The molecule has 1 atom stereocenters. The molecule has 0 amide bonds. The number of thioether (sulfide) groups is 1. The highest BCUT2D eigenvalue weighted by molar-refractivity contribution is 7.99. The molecular weight excluding hydrogens is 328 g/mol. The monoisotopic (exact) mass is 374 g/mol. The van der Waals surface area contributed by atoms with Crippen molar-refractivity contribution in [2.24, 2.45) is 5.92 Å². The second-order valence-electron chi connectivity index (χ2n) is 7.25. The highest BCUT2D eigenvalue weighted by atomic mass is 32.2. The standard InChI is InChI=1S/C21H46OSSi/c1-4-7-9-11-12-14-17-21(16-13-10-8-5-2)20-23-18-15-19-24-22-6-3/h21H,4-20,24H2,1-3H3. The quantitative estimate of drug-likeness (QED) is 0.168. The summed E-state index contributed by atoms with van der Waals surface area (Å²) < 4.78 is 5.56. The van der Waals surface area contributed by atoms with Gasteiger partial charge < -0.3 is 4.43 Å². The maximum absolute atomic E-state index is 5.56. The molecule has 0 rings (SSSR count). The molecule has 0 aliphatic carbocycles. The van der Waals surface area contributed by atoms with E-state index < -0.39 is 0 Å². The van der Waals surface area contributed by atoms with Gasteiger partial charge in [-0.25, -0.2) is 0 Å². The Labute approximate surface area is 160 Å². The van der Waals surface area contributed by atoms with Gasteiger partial charge in [0.15, 0.2) is 9.76 Å². The van der Waals surface area contributed by atoms with Crippen LogP contribution in [0, 0.1) is 5.92 Å². The summed E-state index contributed by atoms with van der Waals surface area (Å²) in [5.74, 6) is 3.77. The Hall–Kier alpha value is 0.527. The predicted octanol–water partition coefficient (Wildman–Crippen LogP) is 6.99. The largest absolute Gasteiger partial charge is 0.424 e. The van der Waals surface area contributed by atoms with Crippen molar-refractivity contribution in [1.82, 2.24) is 0 Å². The molecule has 0 aromatic heterocycles. The van der Waals surface area contributed by atoms with E-state index in [1.807, 2.05) is 0 Å². The Bertz CT molecular complexity index is 226. The normalized spacial score (nSPS) is 13.1. The highest BCUT2D eigenvalue weighted by Gasteiger charge is 2.09. The van der Waals surface area contributed by atoms with Crippen LogP contribution in [0.2, 0.25) is 6.04 Å². The summed E-state index contributed by atoms with van der Waals surface area (Å²) in [5, 5.41) is 0. The average Bonchev–Trinajstić information content (AvgIpc) is 2.60. The SMILES string of the molecule is CCCCCCCCC(CCCCCC)CSCCC[SiH2]OCC. The number of hydrogen-bond acceptors (Lipinski definition) is 2. The van der Waals surface area contributed by atoms with E-state index in [-0.39, 0.29) is 9.76 Å².